The monoisotopic (exact) mass is 360 g/mol. The zero-order valence-electron chi connectivity index (χ0n) is 11.1. The van der Waals surface area contributed by atoms with E-state index in [1.165, 1.54) is 0 Å². The summed E-state index contributed by atoms with van der Waals surface area (Å²) in [6.45, 7) is -0.299. The van der Waals surface area contributed by atoms with Crippen LogP contribution in [0.1, 0.15) is 18.2 Å². The van der Waals surface area contributed by atoms with Crippen molar-refractivity contribution in [2.75, 3.05) is 6.61 Å². The van der Waals surface area contributed by atoms with Gasteiger partial charge in [0, 0.05) is 11.8 Å². The molecular formula is C14H11Cl3N2O3. The van der Waals surface area contributed by atoms with Crippen molar-refractivity contribution in [1.29, 1.82) is 5.26 Å². The number of hydrogen-bond donors (Lipinski definition) is 2. The summed E-state index contributed by atoms with van der Waals surface area (Å²) in [7, 11) is 0. The summed E-state index contributed by atoms with van der Waals surface area (Å²) in [4.78, 5) is 0. The fourth-order valence-electron chi connectivity index (χ4n) is 2.70. The molecule has 5 nitrogen and oxygen atoms in total. The third-order valence-electron chi connectivity index (χ3n) is 3.77. The van der Waals surface area contributed by atoms with Crippen LogP contribution in [0.25, 0.3) is 10.9 Å². The number of nitriles is 1. The Balaban J connectivity index is 2.20. The molecule has 1 aliphatic rings. The van der Waals surface area contributed by atoms with Gasteiger partial charge in [0.15, 0.2) is 0 Å². The minimum Gasteiger partial charge on any atom is -0.394 e. The highest BCUT2D eigenvalue weighted by atomic mass is 35.5. The molecule has 3 atom stereocenters. The molecule has 1 aromatic carbocycles. The number of aliphatic hydroxyl groups is 2. The molecule has 0 aliphatic carbocycles. The van der Waals surface area contributed by atoms with Crippen LogP contribution in [0.2, 0.25) is 15.2 Å². The normalized spacial score (nSPS) is 24.8. The van der Waals surface area contributed by atoms with Crippen molar-refractivity contribution < 1.29 is 14.9 Å². The summed E-state index contributed by atoms with van der Waals surface area (Å²) < 4.78 is 7.21. The lowest BCUT2D eigenvalue weighted by atomic mass is 10.2. The Morgan fingerprint density at radius 2 is 2.00 bits per heavy atom. The molecule has 0 spiro atoms. The molecule has 1 unspecified atom stereocenters. The number of nitrogens with zero attached hydrogens (tertiary/aromatic N) is 2. The topological polar surface area (TPSA) is 78.4 Å². The van der Waals surface area contributed by atoms with E-state index in [2.05, 4.69) is 0 Å². The molecule has 1 saturated heterocycles. The van der Waals surface area contributed by atoms with Crippen LogP contribution >= 0.6 is 34.8 Å². The van der Waals surface area contributed by atoms with E-state index in [9.17, 15) is 15.5 Å². The van der Waals surface area contributed by atoms with Crippen molar-refractivity contribution in [2.45, 2.75) is 24.9 Å². The lowest BCUT2D eigenvalue weighted by molar-refractivity contribution is -0.0428. The van der Waals surface area contributed by atoms with Gasteiger partial charge in [-0.15, -0.1) is 0 Å². The van der Waals surface area contributed by atoms with Gasteiger partial charge >= 0.3 is 0 Å². The van der Waals surface area contributed by atoms with E-state index in [4.69, 9.17) is 39.5 Å². The molecular weight excluding hydrogens is 351 g/mol. The maximum absolute atomic E-state index is 9.89. The fourth-order valence-corrected chi connectivity index (χ4v) is 3.36. The Labute approximate surface area is 141 Å². The van der Waals surface area contributed by atoms with Crippen LogP contribution < -0.4 is 0 Å². The molecule has 8 heteroatoms. The highest BCUT2D eigenvalue weighted by molar-refractivity contribution is 6.43. The fraction of sp³-hybridized carbons (Fsp3) is 0.357. The van der Waals surface area contributed by atoms with Crippen molar-refractivity contribution >= 4 is 45.7 Å². The number of halogens is 3. The van der Waals surface area contributed by atoms with Gasteiger partial charge in [0.2, 0.25) is 0 Å². The van der Waals surface area contributed by atoms with E-state index < -0.39 is 18.4 Å². The third-order valence-corrected chi connectivity index (χ3v) is 4.86. The van der Waals surface area contributed by atoms with Gasteiger partial charge in [-0.05, 0) is 12.1 Å². The molecule has 116 valence electrons. The second-order valence-electron chi connectivity index (χ2n) is 5.05. The second kappa shape index (κ2) is 5.89. The number of aromatic nitrogens is 1. The first kappa shape index (κ1) is 15.9. The SMILES string of the molecule is N#Cc1c(Cl)n([C@H]2CC(O)[C@@H](CO)O2)c2cc(Cl)c(Cl)cc12. The summed E-state index contributed by atoms with van der Waals surface area (Å²) in [5.74, 6) is 0. The van der Waals surface area contributed by atoms with Gasteiger partial charge in [-0.3, -0.25) is 0 Å². The first-order chi connectivity index (χ1) is 10.5. The van der Waals surface area contributed by atoms with E-state index in [1.807, 2.05) is 6.07 Å². The van der Waals surface area contributed by atoms with Crippen molar-refractivity contribution in [3.8, 4) is 6.07 Å². The van der Waals surface area contributed by atoms with Crippen LogP contribution in [-0.2, 0) is 4.74 Å². The second-order valence-corrected chi connectivity index (χ2v) is 6.22. The van der Waals surface area contributed by atoms with Crippen LogP contribution in [0.5, 0.6) is 0 Å². The average Bonchev–Trinajstić information content (AvgIpc) is 2.96. The molecule has 1 aromatic heterocycles. The largest absolute Gasteiger partial charge is 0.394 e. The van der Waals surface area contributed by atoms with E-state index in [1.54, 1.807) is 16.7 Å². The van der Waals surface area contributed by atoms with Gasteiger partial charge in [0.25, 0.3) is 0 Å². The Kier molecular flexibility index (Phi) is 4.25. The van der Waals surface area contributed by atoms with Crippen LogP contribution in [0.3, 0.4) is 0 Å². The average molecular weight is 362 g/mol. The van der Waals surface area contributed by atoms with Gasteiger partial charge in [-0.25, -0.2) is 0 Å². The minimum atomic E-state index is -0.808. The summed E-state index contributed by atoms with van der Waals surface area (Å²) in [6, 6.07) is 5.23. The van der Waals surface area contributed by atoms with E-state index in [0.29, 0.717) is 20.9 Å². The number of hydrogen-bond acceptors (Lipinski definition) is 4. The zero-order chi connectivity index (χ0) is 16.0. The lowest BCUT2D eigenvalue weighted by Gasteiger charge is -2.16. The molecule has 2 heterocycles. The molecule has 2 aromatic rings. The van der Waals surface area contributed by atoms with Crippen molar-refractivity contribution in [2.24, 2.45) is 0 Å². The van der Waals surface area contributed by atoms with Crippen LogP contribution in [0.15, 0.2) is 12.1 Å². The molecule has 0 bridgehead atoms. The van der Waals surface area contributed by atoms with Crippen molar-refractivity contribution in [1.82, 2.24) is 4.57 Å². The summed E-state index contributed by atoms with van der Waals surface area (Å²) in [6.07, 6.45) is -1.84. The third kappa shape index (κ3) is 2.37. The molecule has 0 radical (unpaired) electrons. The number of benzene rings is 1. The number of ether oxygens (including phenoxy) is 1. The van der Waals surface area contributed by atoms with Crippen LogP contribution in [-0.4, -0.2) is 33.6 Å². The van der Waals surface area contributed by atoms with E-state index in [-0.39, 0.29) is 23.7 Å². The number of aliphatic hydroxyl groups excluding tert-OH is 2. The lowest BCUT2D eigenvalue weighted by Crippen LogP contribution is -2.24. The van der Waals surface area contributed by atoms with Gasteiger partial charge in [0.05, 0.1) is 33.8 Å². The van der Waals surface area contributed by atoms with Gasteiger partial charge in [-0.2, -0.15) is 5.26 Å². The molecule has 3 rings (SSSR count). The molecule has 22 heavy (non-hydrogen) atoms. The number of fused-ring (bicyclic) bond motifs is 1. The molecule has 1 aliphatic heterocycles. The van der Waals surface area contributed by atoms with Crippen LogP contribution in [0, 0.1) is 11.3 Å². The van der Waals surface area contributed by atoms with Crippen LogP contribution in [0.4, 0.5) is 0 Å². The minimum absolute atomic E-state index is 0.187. The predicted molar refractivity (Wildman–Crippen MR) is 83.3 cm³/mol. The predicted octanol–water partition coefficient (Wildman–Crippen LogP) is 3.11. The quantitative estimate of drug-likeness (QED) is 0.861. The number of rotatable bonds is 2. The summed E-state index contributed by atoms with van der Waals surface area (Å²) >= 11 is 18.4. The molecule has 0 saturated carbocycles. The standard InChI is InChI=1S/C14H11Cl3N2O3/c15-8-1-6-7(4-18)14(17)19(10(6)2-9(8)16)13-3-11(21)12(5-20)22-13/h1-2,11-13,20-21H,3,5H2/t11?,12-,13-/m1/s1. The Hall–Kier alpha value is -1.000. The highest BCUT2D eigenvalue weighted by Gasteiger charge is 2.36. The van der Waals surface area contributed by atoms with Crippen molar-refractivity contribution in [3.05, 3.63) is 32.9 Å². The Morgan fingerprint density at radius 3 is 2.59 bits per heavy atom. The van der Waals surface area contributed by atoms with Crippen molar-refractivity contribution in [3.63, 3.8) is 0 Å². The zero-order valence-corrected chi connectivity index (χ0v) is 13.4. The first-order valence-corrected chi connectivity index (χ1v) is 7.64. The first-order valence-electron chi connectivity index (χ1n) is 6.50. The highest BCUT2D eigenvalue weighted by Crippen LogP contribution is 2.40. The van der Waals surface area contributed by atoms with Gasteiger partial charge in [0.1, 0.15) is 23.6 Å². The maximum Gasteiger partial charge on any atom is 0.138 e. The van der Waals surface area contributed by atoms with Gasteiger partial charge < -0.3 is 19.5 Å². The summed E-state index contributed by atoms with van der Waals surface area (Å²) in [5.41, 5.74) is 0.854. The molecule has 2 N–H and O–H groups in total. The van der Waals surface area contributed by atoms with Gasteiger partial charge in [-0.1, -0.05) is 34.8 Å². The molecule has 0 amide bonds. The Morgan fingerprint density at radius 1 is 1.32 bits per heavy atom. The summed E-state index contributed by atoms with van der Waals surface area (Å²) in [5, 5.41) is 29.8. The van der Waals surface area contributed by atoms with E-state index >= 15 is 0 Å². The molecule has 1 fully saturated rings. The smallest absolute Gasteiger partial charge is 0.138 e. The van der Waals surface area contributed by atoms with E-state index in [0.717, 1.165) is 0 Å². The Bertz CT molecular complexity index is 784. The maximum atomic E-state index is 9.89.